The summed E-state index contributed by atoms with van der Waals surface area (Å²) in [6, 6.07) is 10.6. The second-order valence-corrected chi connectivity index (χ2v) is 8.18. The third-order valence-corrected chi connectivity index (χ3v) is 5.90. The van der Waals surface area contributed by atoms with Crippen molar-refractivity contribution in [3.05, 3.63) is 89.7 Å². The molecule has 0 N–H and O–H groups in total. The predicted octanol–water partition coefficient (Wildman–Crippen LogP) is 5.04. The number of ether oxygens (including phenoxy) is 2. The lowest BCUT2D eigenvalue weighted by molar-refractivity contribution is 0.218. The maximum atomic E-state index is 14.6. The van der Waals surface area contributed by atoms with Crippen LogP contribution in [0.4, 0.5) is 4.39 Å². The highest BCUT2D eigenvalue weighted by Crippen LogP contribution is 2.29. The minimum Gasteiger partial charge on any atom is -0.483 e. The summed E-state index contributed by atoms with van der Waals surface area (Å²) in [4.78, 5) is 13.8. The van der Waals surface area contributed by atoms with Crippen LogP contribution >= 0.6 is 22.6 Å². The number of imidazole rings is 1. The molecule has 1 atom stereocenters. The van der Waals surface area contributed by atoms with Gasteiger partial charge in [-0.3, -0.25) is 4.99 Å². The van der Waals surface area contributed by atoms with E-state index in [9.17, 15) is 4.39 Å². The van der Waals surface area contributed by atoms with Crippen molar-refractivity contribution in [1.29, 1.82) is 0 Å². The van der Waals surface area contributed by atoms with Crippen molar-refractivity contribution in [3.8, 4) is 0 Å². The van der Waals surface area contributed by atoms with E-state index < -0.39 is 0 Å². The van der Waals surface area contributed by atoms with Crippen molar-refractivity contribution in [2.45, 2.75) is 4.05 Å². The molecule has 32 heavy (non-hydrogen) atoms. The number of aliphatic imine (C=N–C) groups is 2. The second kappa shape index (κ2) is 10.2. The number of fused-ring (bicyclic) bond motifs is 1. The number of pyridine rings is 1. The van der Waals surface area contributed by atoms with E-state index in [-0.39, 0.29) is 9.87 Å². The minimum absolute atomic E-state index is 0.231. The Bertz CT molecular complexity index is 1250. The van der Waals surface area contributed by atoms with Crippen LogP contribution in [0.15, 0.2) is 77.0 Å². The van der Waals surface area contributed by atoms with E-state index in [4.69, 9.17) is 9.47 Å². The van der Waals surface area contributed by atoms with E-state index >= 15 is 0 Å². The quantitative estimate of drug-likeness (QED) is 0.144. The third kappa shape index (κ3) is 4.66. The van der Waals surface area contributed by atoms with Gasteiger partial charge in [0.1, 0.15) is 22.1 Å². The second-order valence-electron chi connectivity index (χ2n) is 7.00. The van der Waals surface area contributed by atoms with E-state index in [0.29, 0.717) is 30.3 Å². The summed E-state index contributed by atoms with van der Waals surface area (Å²) in [5.74, 6) is 0.207. The van der Waals surface area contributed by atoms with Crippen LogP contribution in [0.1, 0.15) is 20.9 Å². The summed E-state index contributed by atoms with van der Waals surface area (Å²) in [5, 5.41) is 0. The Kier molecular flexibility index (Phi) is 7.11. The van der Waals surface area contributed by atoms with Crippen LogP contribution in [0.2, 0.25) is 0 Å². The summed E-state index contributed by atoms with van der Waals surface area (Å²) < 4.78 is 26.8. The molecule has 0 bridgehead atoms. The average Bonchev–Trinajstić information content (AvgIpc) is 3.08. The summed E-state index contributed by atoms with van der Waals surface area (Å²) >= 11 is 2.24. The molecule has 1 unspecified atom stereocenters. The number of rotatable bonds is 6. The number of benzene rings is 1. The first-order valence-electron chi connectivity index (χ1n) is 10.00. The summed E-state index contributed by atoms with van der Waals surface area (Å²) in [5.41, 5.74) is 4.54. The normalized spacial score (nSPS) is 15.3. The van der Waals surface area contributed by atoms with Crippen molar-refractivity contribution >= 4 is 45.4 Å². The van der Waals surface area contributed by atoms with Crippen molar-refractivity contribution < 1.29 is 13.9 Å². The summed E-state index contributed by atoms with van der Waals surface area (Å²) in [6.07, 6.45) is 9.66. The van der Waals surface area contributed by atoms with Crippen LogP contribution in [0.3, 0.4) is 0 Å². The zero-order valence-corrected chi connectivity index (χ0v) is 19.9. The molecule has 3 heterocycles. The first-order valence-corrected chi connectivity index (χ1v) is 11.2. The Morgan fingerprint density at radius 1 is 1.25 bits per heavy atom. The van der Waals surface area contributed by atoms with Gasteiger partial charge >= 0.3 is 0 Å². The molecule has 0 spiro atoms. The van der Waals surface area contributed by atoms with E-state index in [2.05, 4.69) is 37.6 Å². The average molecular weight is 544 g/mol. The zero-order valence-electron chi connectivity index (χ0n) is 17.7. The van der Waals surface area contributed by atoms with Crippen LogP contribution in [0.5, 0.6) is 0 Å². The molecule has 1 aliphatic heterocycles. The molecule has 3 aromatic rings. The van der Waals surface area contributed by atoms with Crippen molar-refractivity contribution in [1.82, 2.24) is 9.38 Å². The molecule has 0 aliphatic carbocycles. The fourth-order valence-corrected chi connectivity index (χ4v) is 4.22. The monoisotopic (exact) mass is 544 g/mol. The highest BCUT2D eigenvalue weighted by Gasteiger charge is 2.19. The van der Waals surface area contributed by atoms with Crippen LogP contribution in [0.25, 0.3) is 11.2 Å². The number of hydrogen-bond acceptors (Lipinski definition) is 5. The first kappa shape index (κ1) is 22.3. The van der Waals surface area contributed by atoms with Gasteiger partial charge in [-0.1, -0.05) is 30.4 Å². The maximum absolute atomic E-state index is 14.6. The molecular weight excluding hydrogens is 522 g/mol. The van der Waals surface area contributed by atoms with Crippen LogP contribution in [0, 0.1) is 5.82 Å². The van der Waals surface area contributed by atoms with E-state index in [0.717, 1.165) is 22.5 Å². The Hall–Kier alpha value is -2.85. The number of halogens is 2. The smallest absolute Gasteiger partial charge is 0.211 e. The Balaban J connectivity index is 1.78. The molecule has 2 aromatic heterocycles. The molecule has 4 rings (SSSR count). The topological polar surface area (TPSA) is 60.5 Å². The SMILES string of the molecule is COCC(=NC(I)c1cnc2ccc(C3=CC=CCN=C3c3ccccc3F)cn12)OC. The van der Waals surface area contributed by atoms with Gasteiger partial charge in [-0.2, -0.15) is 0 Å². The maximum Gasteiger partial charge on any atom is 0.211 e. The van der Waals surface area contributed by atoms with Crippen molar-refractivity contribution in [2.75, 3.05) is 27.4 Å². The number of nitrogens with zero attached hydrogens (tertiary/aromatic N) is 4. The minimum atomic E-state index is -0.296. The Morgan fingerprint density at radius 3 is 2.88 bits per heavy atom. The van der Waals surface area contributed by atoms with Crippen LogP contribution in [-0.4, -0.2) is 48.4 Å². The Morgan fingerprint density at radius 2 is 2.09 bits per heavy atom. The molecule has 1 aromatic carbocycles. The molecule has 0 saturated carbocycles. The largest absolute Gasteiger partial charge is 0.483 e. The number of alkyl halides is 1. The summed E-state index contributed by atoms with van der Waals surface area (Å²) in [6.45, 7) is 0.783. The molecule has 6 nitrogen and oxygen atoms in total. The van der Waals surface area contributed by atoms with Gasteiger partial charge in [-0.15, -0.1) is 0 Å². The molecule has 1 aliphatic rings. The fraction of sp³-hybridized carbons (Fsp3) is 0.208. The number of allylic oxidation sites excluding steroid dienone is 3. The molecule has 0 radical (unpaired) electrons. The van der Waals surface area contributed by atoms with Gasteiger partial charge in [-0.25, -0.2) is 14.4 Å². The molecule has 0 saturated heterocycles. The molecule has 0 amide bonds. The lowest BCUT2D eigenvalue weighted by atomic mass is 9.96. The van der Waals surface area contributed by atoms with Gasteiger partial charge in [0, 0.05) is 30.0 Å². The van der Waals surface area contributed by atoms with E-state index in [1.807, 2.05) is 47.0 Å². The molecule has 164 valence electrons. The van der Waals surface area contributed by atoms with E-state index in [1.54, 1.807) is 32.5 Å². The van der Waals surface area contributed by atoms with Gasteiger partial charge in [0.2, 0.25) is 5.90 Å². The number of methoxy groups -OCH3 is 2. The number of hydrogen-bond donors (Lipinski definition) is 0. The molecular formula is C24H22FIN4O2. The number of aromatic nitrogens is 2. The van der Waals surface area contributed by atoms with Gasteiger partial charge in [0.25, 0.3) is 0 Å². The lowest BCUT2D eigenvalue weighted by Crippen LogP contribution is -2.11. The Labute approximate surface area is 199 Å². The van der Waals surface area contributed by atoms with E-state index in [1.165, 1.54) is 6.07 Å². The van der Waals surface area contributed by atoms with Gasteiger partial charge in [0.15, 0.2) is 0 Å². The van der Waals surface area contributed by atoms with Gasteiger partial charge in [-0.05, 0) is 46.9 Å². The van der Waals surface area contributed by atoms with Crippen molar-refractivity contribution in [2.24, 2.45) is 9.98 Å². The zero-order chi connectivity index (χ0) is 22.5. The standard InChI is InChI=1S/C24H22FIN4O2/c1-31-15-22(32-2)29-24(26)20-13-28-21-11-10-16(14-30(20)21)17-7-5-6-12-27-23(17)18-8-3-4-9-19(18)25/h3-11,13-14,24H,12,15H2,1-2H3. The van der Waals surface area contributed by atoms with Gasteiger partial charge in [0.05, 0.1) is 31.3 Å². The summed E-state index contributed by atoms with van der Waals surface area (Å²) in [7, 11) is 3.17. The van der Waals surface area contributed by atoms with Crippen LogP contribution < -0.4 is 0 Å². The van der Waals surface area contributed by atoms with Crippen LogP contribution in [-0.2, 0) is 9.47 Å². The fourth-order valence-electron chi connectivity index (χ4n) is 3.45. The predicted molar refractivity (Wildman–Crippen MR) is 133 cm³/mol. The third-order valence-electron chi connectivity index (χ3n) is 4.99. The van der Waals surface area contributed by atoms with Gasteiger partial charge < -0.3 is 13.9 Å². The lowest BCUT2D eigenvalue weighted by Gasteiger charge is -2.14. The first-order chi connectivity index (χ1) is 15.6. The highest BCUT2D eigenvalue weighted by atomic mass is 127. The molecule has 0 fully saturated rings. The van der Waals surface area contributed by atoms with Crippen molar-refractivity contribution in [3.63, 3.8) is 0 Å². The molecule has 8 heteroatoms. The highest BCUT2D eigenvalue weighted by molar-refractivity contribution is 14.1.